The number of tetrazole rings is 1. The molecule has 88 valence electrons. The van der Waals surface area contributed by atoms with Crippen molar-refractivity contribution in [3.8, 4) is 11.4 Å². The van der Waals surface area contributed by atoms with Gasteiger partial charge in [0.15, 0.2) is 6.04 Å². The second kappa shape index (κ2) is 4.32. The van der Waals surface area contributed by atoms with Crippen molar-refractivity contribution in [2.24, 2.45) is 0 Å². The van der Waals surface area contributed by atoms with Gasteiger partial charge in [-0.15, -0.1) is 15.0 Å². The highest BCUT2D eigenvalue weighted by Gasteiger charge is 2.17. The fraction of sp³-hybridized carbons (Fsp3) is 0.273. The Morgan fingerprint density at radius 1 is 1.47 bits per heavy atom. The molecule has 2 rings (SSSR count). The molecular formula is C11H12N4O2. The summed E-state index contributed by atoms with van der Waals surface area (Å²) in [5, 5.41) is 20.5. The number of carbonyl (C=O) groups is 1. The smallest absolute Gasteiger partial charge is 0.330 e. The molecular weight excluding hydrogens is 220 g/mol. The summed E-state index contributed by atoms with van der Waals surface area (Å²) in [4.78, 5) is 11.9. The van der Waals surface area contributed by atoms with Gasteiger partial charge in [-0.2, -0.15) is 0 Å². The highest BCUT2D eigenvalue weighted by Crippen LogP contribution is 2.15. The Kier molecular flexibility index (Phi) is 2.86. The molecule has 1 unspecified atom stereocenters. The summed E-state index contributed by atoms with van der Waals surface area (Å²) in [6, 6.07) is 6.83. The summed E-state index contributed by atoms with van der Waals surface area (Å²) in [6.07, 6.45) is 0. The van der Waals surface area contributed by atoms with Crippen LogP contribution in [0, 0.1) is 6.92 Å². The fourth-order valence-corrected chi connectivity index (χ4v) is 1.39. The molecule has 0 saturated carbocycles. The van der Waals surface area contributed by atoms with Crippen LogP contribution in [0.3, 0.4) is 0 Å². The molecule has 6 nitrogen and oxygen atoms in total. The zero-order chi connectivity index (χ0) is 12.4. The summed E-state index contributed by atoms with van der Waals surface area (Å²) < 4.78 is 0. The van der Waals surface area contributed by atoms with Crippen LogP contribution in [0.15, 0.2) is 24.3 Å². The van der Waals surface area contributed by atoms with Crippen LogP contribution >= 0.6 is 0 Å². The first-order valence-corrected chi connectivity index (χ1v) is 5.17. The molecule has 0 aliphatic carbocycles. The van der Waals surface area contributed by atoms with Gasteiger partial charge in [0, 0.05) is 5.56 Å². The maximum absolute atomic E-state index is 10.8. The second-order valence-electron chi connectivity index (χ2n) is 3.82. The Balaban J connectivity index is 2.33. The molecule has 6 heteroatoms. The van der Waals surface area contributed by atoms with Crippen LogP contribution in [0.2, 0.25) is 0 Å². The quantitative estimate of drug-likeness (QED) is 0.862. The molecule has 1 atom stereocenters. The topological polar surface area (TPSA) is 80.9 Å². The first-order chi connectivity index (χ1) is 8.08. The van der Waals surface area contributed by atoms with Gasteiger partial charge in [-0.05, 0) is 25.1 Å². The van der Waals surface area contributed by atoms with E-state index in [0.29, 0.717) is 5.82 Å². The summed E-state index contributed by atoms with van der Waals surface area (Å²) in [6.45, 7) is 3.47. The number of hydrogen-bond donors (Lipinski definition) is 1. The predicted octanol–water partition coefficient (Wildman–Crippen LogP) is 1.29. The fourth-order valence-electron chi connectivity index (χ4n) is 1.39. The Morgan fingerprint density at radius 2 is 2.24 bits per heavy atom. The molecule has 2 aromatic rings. The highest BCUT2D eigenvalue weighted by atomic mass is 16.4. The molecule has 0 radical (unpaired) electrons. The van der Waals surface area contributed by atoms with Crippen LogP contribution in [-0.2, 0) is 4.79 Å². The van der Waals surface area contributed by atoms with E-state index in [1.807, 2.05) is 31.2 Å². The van der Waals surface area contributed by atoms with Gasteiger partial charge < -0.3 is 5.11 Å². The van der Waals surface area contributed by atoms with Gasteiger partial charge in [-0.1, -0.05) is 23.8 Å². The largest absolute Gasteiger partial charge is 0.480 e. The lowest BCUT2D eigenvalue weighted by molar-refractivity contribution is -0.141. The Bertz CT molecular complexity index is 550. The summed E-state index contributed by atoms with van der Waals surface area (Å²) in [5.74, 6) is -0.556. The van der Waals surface area contributed by atoms with Crippen LogP contribution in [0.5, 0.6) is 0 Å². The number of aryl methyl sites for hydroxylation is 1. The number of nitrogens with zero attached hydrogens (tertiary/aromatic N) is 4. The third-order valence-corrected chi connectivity index (χ3v) is 2.41. The molecule has 0 aliphatic heterocycles. The van der Waals surface area contributed by atoms with Gasteiger partial charge in [0.1, 0.15) is 0 Å². The first-order valence-electron chi connectivity index (χ1n) is 5.17. The number of aromatic nitrogens is 4. The predicted molar refractivity (Wildman–Crippen MR) is 60.3 cm³/mol. The Labute approximate surface area is 97.9 Å². The van der Waals surface area contributed by atoms with E-state index in [-0.39, 0.29) is 0 Å². The highest BCUT2D eigenvalue weighted by molar-refractivity contribution is 5.71. The van der Waals surface area contributed by atoms with Gasteiger partial charge >= 0.3 is 5.97 Å². The molecule has 1 aromatic heterocycles. The average Bonchev–Trinajstić information content (AvgIpc) is 2.77. The number of aliphatic carboxylic acids is 1. The Morgan fingerprint density at radius 3 is 2.88 bits per heavy atom. The first kappa shape index (κ1) is 11.3. The van der Waals surface area contributed by atoms with Crippen molar-refractivity contribution >= 4 is 5.97 Å². The Hall–Kier alpha value is -2.24. The van der Waals surface area contributed by atoms with Gasteiger partial charge in [0.2, 0.25) is 5.82 Å². The van der Waals surface area contributed by atoms with Gasteiger partial charge in [-0.25, -0.2) is 4.79 Å². The molecule has 0 fully saturated rings. The number of rotatable bonds is 3. The van der Waals surface area contributed by atoms with Crippen molar-refractivity contribution in [2.45, 2.75) is 19.9 Å². The molecule has 0 spiro atoms. The molecule has 1 N–H and O–H groups in total. The molecule has 0 bridgehead atoms. The standard InChI is InChI=1S/C11H12N4O2/c1-7-4-3-5-9(6-7)10-12-14-15(13-10)8(2)11(16)17/h3-6,8H,1-2H3,(H,16,17). The van der Waals surface area contributed by atoms with E-state index < -0.39 is 12.0 Å². The maximum atomic E-state index is 10.8. The van der Waals surface area contributed by atoms with Crippen molar-refractivity contribution in [1.82, 2.24) is 20.2 Å². The van der Waals surface area contributed by atoms with E-state index >= 15 is 0 Å². The molecule has 17 heavy (non-hydrogen) atoms. The third-order valence-electron chi connectivity index (χ3n) is 2.41. The maximum Gasteiger partial charge on any atom is 0.330 e. The number of carboxylic acid groups (broad SMARTS) is 1. The number of benzene rings is 1. The van der Waals surface area contributed by atoms with Crippen LogP contribution < -0.4 is 0 Å². The van der Waals surface area contributed by atoms with Crippen molar-refractivity contribution in [1.29, 1.82) is 0 Å². The van der Waals surface area contributed by atoms with Crippen molar-refractivity contribution < 1.29 is 9.90 Å². The van der Waals surface area contributed by atoms with Crippen molar-refractivity contribution in [3.63, 3.8) is 0 Å². The van der Waals surface area contributed by atoms with E-state index in [9.17, 15) is 4.79 Å². The number of hydrogen-bond acceptors (Lipinski definition) is 4. The third kappa shape index (κ3) is 2.30. The van der Waals surface area contributed by atoms with E-state index in [0.717, 1.165) is 15.9 Å². The minimum Gasteiger partial charge on any atom is -0.480 e. The lowest BCUT2D eigenvalue weighted by atomic mass is 10.1. The lowest BCUT2D eigenvalue weighted by Crippen LogP contribution is -2.18. The molecule has 0 amide bonds. The van der Waals surface area contributed by atoms with Crippen LogP contribution in [0.25, 0.3) is 11.4 Å². The summed E-state index contributed by atoms with van der Waals surface area (Å²) >= 11 is 0. The van der Waals surface area contributed by atoms with Crippen LogP contribution in [-0.4, -0.2) is 31.3 Å². The van der Waals surface area contributed by atoms with Gasteiger partial charge in [0.25, 0.3) is 0 Å². The average molecular weight is 232 g/mol. The molecule has 1 heterocycles. The minimum absolute atomic E-state index is 0.432. The molecule has 1 aromatic carbocycles. The van der Waals surface area contributed by atoms with E-state index in [1.165, 1.54) is 6.92 Å². The molecule has 0 saturated heterocycles. The zero-order valence-electron chi connectivity index (χ0n) is 9.53. The van der Waals surface area contributed by atoms with E-state index in [2.05, 4.69) is 15.4 Å². The normalized spacial score (nSPS) is 12.4. The van der Waals surface area contributed by atoms with Crippen LogP contribution in [0.4, 0.5) is 0 Å². The van der Waals surface area contributed by atoms with Gasteiger partial charge in [-0.3, -0.25) is 0 Å². The minimum atomic E-state index is -0.988. The van der Waals surface area contributed by atoms with Crippen molar-refractivity contribution in [3.05, 3.63) is 29.8 Å². The van der Waals surface area contributed by atoms with Crippen LogP contribution in [0.1, 0.15) is 18.5 Å². The zero-order valence-corrected chi connectivity index (χ0v) is 9.53. The van der Waals surface area contributed by atoms with Crippen molar-refractivity contribution in [2.75, 3.05) is 0 Å². The van der Waals surface area contributed by atoms with E-state index in [4.69, 9.17) is 5.11 Å². The van der Waals surface area contributed by atoms with Gasteiger partial charge in [0.05, 0.1) is 0 Å². The number of carboxylic acids is 1. The molecule has 0 aliphatic rings. The monoisotopic (exact) mass is 232 g/mol. The summed E-state index contributed by atoms with van der Waals surface area (Å²) in [7, 11) is 0. The SMILES string of the molecule is Cc1cccc(-c2nnn(C(C)C(=O)O)n2)c1. The summed E-state index contributed by atoms with van der Waals surface area (Å²) in [5.41, 5.74) is 1.92. The van der Waals surface area contributed by atoms with E-state index in [1.54, 1.807) is 0 Å². The lowest BCUT2D eigenvalue weighted by Gasteiger charge is -2.01. The second-order valence-corrected chi connectivity index (χ2v) is 3.82.